The summed E-state index contributed by atoms with van der Waals surface area (Å²) in [5.41, 5.74) is 0.650. The standard InChI is InChI=1S/C14H20N2O6S/c1-10(2)22-13(17)9-23(20,21)16-12(14(18)19)7-6-11-5-3-4-8-15-11/h3-5,8,10,12,16H,6-7,9H2,1-2H3,(H,18,19). The molecule has 1 aromatic heterocycles. The van der Waals surface area contributed by atoms with Gasteiger partial charge < -0.3 is 9.84 Å². The van der Waals surface area contributed by atoms with Gasteiger partial charge in [0.05, 0.1) is 6.10 Å². The van der Waals surface area contributed by atoms with Crippen molar-refractivity contribution >= 4 is 22.0 Å². The number of aryl methyl sites for hydroxylation is 1. The quantitative estimate of drug-likeness (QED) is 0.619. The Balaban J connectivity index is 2.64. The maximum Gasteiger partial charge on any atom is 0.322 e. The monoisotopic (exact) mass is 344 g/mol. The van der Waals surface area contributed by atoms with Crippen LogP contribution >= 0.6 is 0 Å². The number of carbonyl (C=O) groups is 2. The Morgan fingerprint density at radius 2 is 2.04 bits per heavy atom. The topological polar surface area (TPSA) is 123 Å². The van der Waals surface area contributed by atoms with E-state index in [2.05, 4.69) is 4.98 Å². The molecule has 2 N–H and O–H groups in total. The lowest BCUT2D eigenvalue weighted by atomic mass is 10.1. The number of carbonyl (C=O) groups excluding carboxylic acids is 1. The second kappa shape index (κ2) is 8.59. The highest BCUT2D eigenvalue weighted by molar-refractivity contribution is 7.90. The van der Waals surface area contributed by atoms with Gasteiger partial charge in [-0.15, -0.1) is 0 Å². The van der Waals surface area contributed by atoms with Crippen LogP contribution in [0.2, 0.25) is 0 Å². The van der Waals surface area contributed by atoms with E-state index in [0.717, 1.165) is 0 Å². The van der Waals surface area contributed by atoms with Gasteiger partial charge in [0.25, 0.3) is 0 Å². The van der Waals surface area contributed by atoms with E-state index in [-0.39, 0.29) is 12.8 Å². The van der Waals surface area contributed by atoms with Crippen molar-refractivity contribution < 1.29 is 27.9 Å². The fraction of sp³-hybridized carbons (Fsp3) is 0.500. The van der Waals surface area contributed by atoms with Crippen LogP contribution in [0.4, 0.5) is 0 Å². The van der Waals surface area contributed by atoms with Crippen LogP contribution in [0.1, 0.15) is 26.0 Å². The molecule has 0 aliphatic heterocycles. The molecule has 1 atom stereocenters. The molecule has 0 aliphatic rings. The van der Waals surface area contributed by atoms with Gasteiger partial charge >= 0.3 is 11.9 Å². The van der Waals surface area contributed by atoms with Gasteiger partial charge in [0, 0.05) is 11.9 Å². The van der Waals surface area contributed by atoms with Crippen molar-refractivity contribution in [3.05, 3.63) is 30.1 Å². The first-order chi connectivity index (χ1) is 10.7. The first-order valence-electron chi connectivity index (χ1n) is 7.02. The van der Waals surface area contributed by atoms with E-state index in [4.69, 9.17) is 9.84 Å². The van der Waals surface area contributed by atoms with Crippen molar-refractivity contribution in [3.8, 4) is 0 Å². The number of hydrogen-bond donors (Lipinski definition) is 2. The second-order valence-corrected chi connectivity index (χ2v) is 6.92. The van der Waals surface area contributed by atoms with Crippen molar-refractivity contribution in [1.29, 1.82) is 0 Å². The Kier molecular flexibility index (Phi) is 7.11. The molecular formula is C14H20N2O6S. The zero-order valence-corrected chi connectivity index (χ0v) is 13.7. The molecule has 0 amide bonds. The number of carboxylic acid groups (broad SMARTS) is 1. The number of nitrogens with one attached hydrogen (secondary N) is 1. The minimum atomic E-state index is -4.10. The van der Waals surface area contributed by atoms with Gasteiger partial charge in [-0.3, -0.25) is 14.6 Å². The van der Waals surface area contributed by atoms with Crippen LogP contribution in [0.15, 0.2) is 24.4 Å². The number of carboxylic acids is 1. The molecule has 1 rings (SSSR count). The Bertz CT molecular complexity index is 630. The van der Waals surface area contributed by atoms with Crippen molar-refractivity contribution in [2.24, 2.45) is 0 Å². The van der Waals surface area contributed by atoms with Crippen molar-refractivity contribution in [2.75, 3.05) is 5.75 Å². The summed E-state index contributed by atoms with van der Waals surface area (Å²) in [5.74, 6) is -3.17. The SMILES string of the molecule is CC(C)OC(=O)CS(=O)(=O)NC(CCc1ccccn1)C(=O)O. The number of aromatic nitrogens is 1. The number of aliphatic carboxylic acids is 1. The van der Waals surface area contributed by atoms with Gasteiger partial charge in [-0.25, -0.2) is 13.1 Å². The summed E-state index contributed by atoms with van der Waals surface area (Å²) in [5, 5.41) is 9.13. The Labute approximate surface area is 134 Å². The summed E-state index contributed by atoms with van der Waals surface area (Å²) in [6.07, 6.45) is 1.43. The van der Waals surface area contributed by atoms with Crippen LogP contribution < -0.4 is 4.72 Å². The number of sulfonamides is 1. The number of ether oxygens (including phenoxy) is 1. The molecule has 1 aromatic rings. The molecule has 0 saturated carbocycles. The Morgan fingerprint density at radius 3 is 2.57 bits per heavy atom. The van der Waals surface area contributed by atoms with Crippen LogP contribution in [0, 0.1) is 0 Å². The van der Waals surface area contributed by atoms with Gasteiger partial charge in [-0.1, -0.05) is 6.07 Å². The van der Waals surface area contributed by atoms with Gasteiger partial charge in [0.15, 0.2) is 5.75 Å². The normalized spacial score (nSPS) is 12.8. The molecule has 0 fully saturated rings. The molecule has 0 radical (unpaired) electrons. The van der Waals surface area contributed by atoms with Crippen molar-refractivity contribution in [1.82, 2.24) is 9.71 Å². The lowest BCUT2D eigenvalue weighted by Gasteiger charge is -2.15. The predicted octanol–water partition coefficient (Wildman–Crippen LogP) is 0.338. The highest BCUT2D eigenvalue weighted by atomic mass is 32.2. The molecule has 0 aromatic carbocycles. The smallest absolute Gasteiger partial charge is 0.322 e. The summed E-state index contributed by atoms with van der Waals surface area (Å²) in [7, 11) is -4.10. The van der Waals surface area contributed by atoms with E-state index in [9.17, 15) is 18.0 Å². The molecule has 0 bridgehead atoms. The van der Waals surface area contributed by atoms with Crippen LogP contribution in [-0.4, -0.2) is 48.3 Å². The summed E-state index contributed by atoms with van der Waals surface area (Å²) in [6, 6.07) is 3.85. The van der Waals surface area contributed by atoms with Crippen LogP contribution in [0.3, 0.4) is 0 Å². The van der Waals surface area contributed by atoms with Gasteiger partial charge in [-0.05, 0) is 38.8 Å². The van der Waals surface area contributed by atoms with E-state index in [1.54, 1.807) is 38.2 Å². The molecule has 0 saturated heterocycles. The Hall–Kier alpha value is -2.00. The first-order valence-corrected chi connectivity index (χ1v) is 8.67. The molecular weight excluding hydrogens is 324 g/mol. The molecule has 0 spiro atoms. The zero-order chi connectivity index (χ0) is 17.5. The van der Waals surface area contributed by atoms with Gasteiger partial charge in [0.1, 0.15) is 6.04 Å². The van der Waals surface area contributed by atoms with E-state index in [1.807, 2.05) is 4.72 Å². The average molecular weight is 344 g/mol. The predicted molar refractivity (Wildman–Crippen MR) is 82.1 cm³/mol. The molecule has 23 heavy (non-hydrogen) atoms. The lowest BCUT2D eigenvalue weighted by Crippen LogP contribution is -2.43. The van der Waals surface area contributed by atoms with Crippen LogP contribution in [-0.2, 0) is 30.8 Å². The van der Waals surface area contributed by atoms with Crippen molar-refractivity contribution in [2.45, 2.75) is 38.8 Å². The summed E-state index contributed by atoms with van der Waals surface area (Å²) >= 11 is 0. The summed E-state index contributed by atoms with van der Waals surface area (Å²) in [6.45, 7) is 3.18. The first kappa shape index (κ1) is 19.0. The summed E-state index contributed by atoms with van der Waals surface area (Å²) < 4.78 is 30.5. The molecule has 8 nitrogen and oxygen atoms in total. The molecule has 128 valence electrons. The third-order valence-electron chi connectivity index (χ3n) is 2.71. The number of rotatable bonds is 9. The summed E-state index contributed by atoms with van der Waals surface area (Å²) in [4.78, 5) is 26.6. The lowest BCUT2D eigenvalue weighted by molar-refractivity contribution is -0.144. The van der Waals surface area contributed by atoms with Crippen LogP contribution in [0.5, 0.6) is 0 Å². The van der Waals surface area contributed by atoms with Gasteiger partial charge in [-0.2, -0.15) is 0 Å². The van der Waals surface area contributed by atoms with E-state index in [1.165, 1.54) is 0 Å². The minimum Gasteiger partial charge on any atom is -0.480 e. The number of pyridine rings is 1. The molecule has 1 unspecified atom stereocenters. The molecule has 0 aliphatic carbocycles. The highest BCUT2D eigenvalue weighted by Gasteiger charge is 2.26. The number of esters is 1. The third kappa shape index (κ3) is 7.71. The minimum absolute atomic E-state index is 0.0187. The largest absolute Gasteiger partial charge is 0.480 e. The third-order valence-corrected chi connectivity index (χ3v) is 3.97. The van der Waals surface area contributed by atoms with E-state index in [0.29, 0.717) is 5.69 Å². The highest BCUT2D eigenvalue weighted by Crippen LogP contribution is 2.04. The number of hydrogen-bond acceptors (Lipinski definition) is 6. The molecule has 1 heterocycles. The van der Waals surface area contributed by atoms with E-state index >= 15 is 0 Å². The fourth-order valence-corrected chi connectivity index (χ4v) is 2.90. The fourth-order valence-electron chi connectivity index (χ4n) is 1.78. The van der Waals surface area contributed by atoms with Crippen LogP contribution in [0.25, 0.3) is 0 Å². The van der Waals surface area contributed by atoms with Crippen molar-refractivity contribution in [3.63, 3.8) is 0 Å². The second-order valence-electron chi connectivity index (χ2n) is 5.17. The average Bonchev–Trinajstić information content (AvgIpc) is 2.42. The maximum absolute atomic E-state index is 11.9. The number of nitrogens with zero attached hydrogens (tertiary/aromatic N) is 1. The van der Waals surface area contributed by atoms with Gasteiger partial charge in [0.2, 0.25) is 10.0 Å². The maximum atomic E-state index is 11.9. The molecule has 9 heteroatoms. The Morgan fingerprint density at radius 1 is 1.35 bits per heavy atom. The van der Waals surface area contributed by atoms with E-state index < -0.39 is 39.9 Å². The zero-order valence-electron chi connectivity index (χ0n) is 12.9.